The predicted molar refractivity (Wildman–Crippen MR) is 114 cm³/mol. The molecular formula is C24H36N2O. The minimum absolute atomic E-state index is 0.715. The van der Waals surface area contributed by atoms with E-state index in [9.17, 15) is 0 Å². The molecule has 1 aromatic carbocycles. The highest BCUT2D eigenvalue weighted by Gasteiger charge is 2.04. The molecule has 2 rings (SSSR count). The standard InChI is InChI=1S/C24H36N2O/c1-4-6-7-8-9-10-11-21-18-25-24(26-19-21)22-12-14-23(15-13-22)27-17-16-20(3)5-2/h12-15,18-20H,4-11,16-17H2,1-3H3/t20-/m0/s1. The molecule has 2 aromatic rings. The van der Waals surface area contributed by atoms with Gasteiger partial charge in [0, 0.05) is 18.0 Å². The van der Waals surface area contributed by atoms with E-state index in [-0.39, 0.29) is 0 Å². The van der Waals surface area contributed by atoms with Crippen molar-refractivity contribution >= 4 is 0 Å². The van der Waals surface area contributed by atoms with Crippen LogP contribution < -0.4 is 4.74 Å². The highest BCUT2D eigenvalue weighted by Crippen LogP contribution is 2.20. The summed E-state index contributed by atoms with van der Waals surface area (Å²) in [7, 11) is 0. The largest absolute Gasteiger partial charge is 0.494 e. The van der Waals surface area contributed by atoms with Gasteiger partial charge >= 0.3 is 0 Å². The van der Waals surface area contributed by atoms with Crippen molar-refractivity contribution < 1.29 is 4.74 Å². The zero-order chi connectivity index (χ0) is 19.3. The third-order valence-electron chi connectivity index (χ3n) is 5.21. The lowest BCUT2D eigenvalue weighted by atomic mass is 10.1. The van der Waals surface area contributed by atoms with Gasteiger partial charge in [-0.3, -0.25) is 0 Å². The number of rotatable bonds is 13. The molecule has 0 radical (unpaired) electrons. The first-order valence-corrected chi connectivity index (χ1v) is 10.8. The molecule has 0 fully saturated rings. The normalized spacial score (nSPS) is 12.1. The molecule has 1 aromatic heterocycles. The maximum absolute atomic E-state index is 5.83. The first kappa shape index (κ1) is 21.4. The molecule has 0 unspecified atom stereocenters. The molecule has 0 N–H and O–H groups in total. The Bertz CT molecular complexity index is 622. The number of ether oxygens (including phenoxy) is 1. The van der Waals surface area contributed by atoms with Crippen molar-refractivity contribution in [3.63, 3.8) is 0 Å². The fourth-order valence-electron chi connectivity index (χ4n) is 3.02. The molecule has 1 atom stereocenters. The van der Waals surface area contributed by atoms with Crippen LogP contribution >= 0.6 is 0 Å². The molecule has 148 valence electrons. The maximum Gasteiger partial charge on any atom is 0.159 e. The van der Waals surface area contributed by atoms with Gasteiger partial charge in [0.05, 0.1) is 6.61 Å². The van der Waals surface area contributed by atoms with Crippen molar-refractivity contribution in [1.29, 1.82) is 0 Å². The highest BCUT2D eigenvalue weighted by atomic mass is 16.5. The third-order valence-corrected chi connectivity index (χ3v) is 5.21. The molecule has 0 aliphatic carbocycles. The number of nitrogens with zero attached hydrogens (tertiary/aromatic N) is 2. The van der Waals surface area contributed by atoms with Crippen molar-refractivity contribution in [3.8, 4) is 17.1 Å². The number of benzene rings is 1. The Balaban J connectivity index is 1.77. The molecule has 0 aliphatic heterocycles. The van der Waals surface area contributed by atoms with Gasteiger partial charge in [-0.05, 0) is 55.0 Å². The lowest BCUT2D eigenvalue weighted by Gasteiger charge is -2.10. The van der Waals surface area contributed by atoms with E-state index in [1.54, 1.807) is 0 Å². The van der Waals surface area contributed by atoms with E-state index in [0.717, 1.165) is 36.6 Å². The van der Waals surface area contributed by atoms with E-state index < -0.39 is 0 Å². The van der Waals surface area contributed by atoms with Gasteiger partial charge in [-0.25, -0.2) is 9.97 Å². The second kappa shape index (κ2) is 12.5. The molecule has 0 saturated heterocycles. The second-order valence-corrected chi connectivity index (χ2v) is 7.61. The zero-order valence-electron chi connectivity index (χ0n) is 17.4. The van der Waals surface area contributed by atoms with Gasteiger partial charge in [-0.2, -0.15) is 0 Å². The van der Waals surface area contributed by atoms with Gasteiger partial charge in [0.1, 0.15) is 5.75 Å². The van der Waals surface area contributed by atoms with E-state index in [1.165, 1.54) is 50.5 Å². The summed E-state index contributed by atoms with van der Waals surface area (Å²) in [6.07, 6.45) is 15.2. The van der Waals surface area contributed by atoms with Crippen LogP contribution in [0.15, 0.2) is 36.7 Å². The van der Waals surface area contributed by atoms with Crippen LogP contribution in [0.3, 0.4) is 0 Å². The summed E-state index contributed by atoms with van der Waals surface area (Å²) in [6, 6.07) is 8.11. The predicted octanol–water partition coefficient (Wildman–Crippen LogP) is 6.86. The molecule has 0 spiro atoms. The van der Waals surface area contributed by atoms with Crippen LogP contribution in [0.25, 0.3) is 11.4 Å². The Hall–Kier alpha value is -1.90. The van der Waals surface area contributed by atoms with Crippen LogP contribution in [0.4, 0.5) is 0 Å². The van der Waals surface area contributed by atoms with Gasteiger partial charge in [-0.1, -0.05) is 59.3 Å². The van der Waals surface area contributed by atoms with Gasteiger partial charge in [0.2, 0.25) is 0 Å². The summed E-state index contributed by atoms with van der Waals surface area (Å²) in [5.74, 6) is 2.42. The molecule has 0 bridgehead atoms. The number of aromatic nitrogens is 2. The number of aryl methyl sites for hydroxylation is 1. The lowest BCUT2D eigenvalue weighted by Crippen LogP contribution is -2.03. The fraction of sp³-hybridized carbons (Fsp3) is 0.583. The van der Waals surface area contributed by atoms with Gasteiger partial charge in [-0.15, -0.1) is 0 Å². The average molecular weight is 369 g/mol. The van der Waals surface area contributed by atoms with Crippen molar-refractivity contribution in [2.45, 2.75) is 78.6 Å². The smallest absolute Gasteiger partial charge is 0.159 e. The Labute approximate surface area is 165 Å². The summed E-state index contributed by atoms with van der Waals surface area (Å²) in [6.45, 7) is 7.52. The zero-order valence-corrected chi connectivity index (χ0v) is 17.4. The minimum Gasteiger partial charge on any atom is -0.494 e. The fourth-order valence-corrected chi connectivity index (χ4v) is 3.02. The van der Waals surface area contributed by atoms with Crippen molar-refractivity contribution in [1.82, 2.24) is 9.97 Å². The van der Waals surface area contributed by atoms with Crippen LogP contribution in [-0.2, 0) is 6.42 Å². The molecular weight excluding hydrogens is 332 g/mol. The molecule has 0 saturated carbocycles. The molecule has 1 heterocycles. The molecule has 3 heteroatoms. The van der Waals surface area contributed by atoms with Crippen molar-refractivity contribution in [2.75, 3.05) is 6.61 Å². The van der Waals surface area contributed by atoms with E-state index >= 15 is 0 Å². The number of hydrogen-bond acceptors (Lipinski definition) is 3. The maximum atomic E-state index is 5.83. The minimum atomic E-state index is 0.715. The Morgan fingerprint density at radius 2 is 1.56 bits per heavy atom. The van der Waals surface area contributed by atoms with Gasteiger partial charge in [0.25, 0.3) is 0 Å². The summed E-state index contributed by atoms with van der Waals surface area (Å²) >= 11 is 0. The third kappa shape index (κ3) is 8.11. The van der Waals surface area contributed by atoms with E-state index in [2.05, 4.69) is 30.7 Å². The number of hydrogen-bond donors (Lipinski definition) is 0. The van der Waals surface area contributed by atoms with Crippen LogP contribution in [-0.4, -0.2) is 16.6 Å². The summed E-state index contributed by atoms with van der Waals surface area (Å²) in [5, 5.41) is 0. The van der Waals surface area contributed by atoms with Crippen LogP contribution in [0.1, 0.15) is 77.7 Å². The molecule has 0 aliphatic rings. The van der Waals surface area contributed by atoms with Gasteiger partial charge in [0.15, 0.2) is 5.82 Å². The average Bonchev–Trinajstić information content (AvgIpc) is 2.71. The van der Waals surface area contributed by atoms with Crippen molar-refractivity contribution in [3.05, 3.63) is 42.2 Å². The summed E-state index contributed by atoms with van der Waals surface area (Å²) in [5.41, 5.74) is 2.27. The van der Waals surface area contributed by atoms with Crippen LogP contribution in [0.5, 0.6) is 5.75 Å². The first-order valence-electron chi connectivity index (χ1n) is 10.8. The first-order chi connectivity index (χ1) is 13.2. The van der Waals surface area contributed by atoms with Gasteiger partial charge < -0.3 is 4.74 Å². The number of unbranched alkanes of at least 4 members (excludes halogenated alkanes) is 5. The topological polar surface area (TPSA) is 35.0 Å². The summed E-state index contributed by atoms with van der Waals surface area (Å²) in [4.78, 5) is 9.10. The quantitative estimate of drug-likeness (QED) is 0.362. The Kier molecular flexibility index (Phi) is 9.89. The monoisotopic (exact) mass is 368 g/mol. The molecule has 3 nitrogen and oxygen atoms in total. The van der Waals surface area contributed by atoms with E-state index in [4.69, 9.17) is 4.74 Å². The Morgan fingerprint density at radius 1 is 0.889 bits per heavy atom. The second-order valence-electron chi connectivity index (χ2n) is 7.61. The SMILES string of the molecule is CCCCCCCCc1cnc(-c2ccc(OCC[C@@H](C)CC)cc2)nc1. The van der Waals surface area contributed by atoms with Crippen LogP contribution in [0, 0.1) is 5.92 Å². The van der Waals surface area contributed by atoms with E-state index in [0.29, 0.717) is 5.92 Å². The van der Waals surface area contributed by atoms with Crippen LogP contribution in [0.2, 0.25) is 0 Å². The molecule has 0 amide bonds. The lowest BCUT2D eigenvalue weighted by molar-refractivity contribution is 0.282. The highest BCUT2D eigenvalue weighted by molar-refractivity contribution is 5.55. The van der Waals surface area contributed by atoms with Crippen molar-refractivity contribution in [2.24, 2.45) is 5.92 Å². The van der Waals surface area contributed by atoms with E-state index in [1.807, 2.05) is 36.7 Å². The summed E-state index contributed by atoms with van der Waals surface area (Å²) < 4.78 is 5.83. The molecule has 27 heavy (non-hydrogen) atoms. The Morgan fingerprint density at radius 3 is 2.22 bits per heavy atom.